The largest absolute Gasteiger partial charge is 0.483 e. The number of benzene rings is 2. The van der Waals surface area contributed by atoms with Crippen LogP contribution in [0.5, 0.6) is 11.5 Å². The molecule has 9 heteroatoms. The highest BCUT2D eigenvalue weighted by molar-refractivity contribution is 6.30. The van der Waals surface area contributed by atoms with Gasteiger partial charge < -0.3 is 25.4 Å². The number of nitrogens with one attached hydrogen (secondary N) is 3. The van der Waals surface area contributed by atoms with Crippen molar-refractivity contribution in [3.05, 3.63) is 58.7 Å². The molecular weight excluding hydrogens is 402 g/mol. The van der Waals surface area contributed by atoms with E-state index in [9.17, 15) is 19.2 Å². The molecule has 0 radical (unpaired) electrons. The molecule has 1 aliphatic carbocycles. The standard InChI is InChI=1S/C22H21N3O6/c26-17-11-30-15-5-1-3-13-19(15)22(29)20-14(21(13)28)4-2-6-16(20)31-12-18(27)25-10-8-23-7-9-24-17/h1-6,23H,7-12H2,(H,24,26)(H,25,27). The van der Waals surface area contributed by atoms with Crippen LogP contribution in [-0.4, -0.2) is 62.8 Å². The van der Waals surface area contributed by atoms with Crippen LogP contribution >= 0.6 is 0 Å². The van der Waals surface area contributed by atoms with Crippen LogP contribution in [0.2, 0.25) is 0 Å². The van der Waals surface area contributed by atoms with E-state index in [1.54, 1.807) is 36.4 Å². The van der Waals surface area contributed by atoms with Crippen molar-refractivity contribution in [1.82, 2.24) is 16.0 Å². The Hall–Kier alpha value is -3.72. The molecule has 1 aliphatic heterocycles. The number of rotatable bonds is 0. The van der Waals surface area contributed by atoms with E-state index in [-0.39, 0.29) is 64.6 Å². The molecule has 2 aliphatic rings. The topological polar surface area (TPSA) is 123 Å². The number of carbonyl (C=O) groups excluding carboxylic acids is 4. The Labute approximate surface area is 178 Å². The maximum atomic E-state index is 13.4. The van der Waals surface area contributed by atoms with E-state index in [1.807, 2.05) is 0 Å². The first-order valence-corrected chi connectivity index (χ1v) is 9.91. The Morgan fingerprint density at radius 2 is 1.10 bits per heavy atom. The molecule has 0 atom stereocenters. The third-order valence-corrected chi connectivity index (χ3v) is 4.96. The van der Waals surface area contributed by atoms with Crippen molar-refractivity contribution in [2.45, 2.75) is 0 Å². The van der Waals surface area contributed by atoms with Crippen LogP contribution in [0.3, 0.4) is 0 Å². The molecule has 31 heavy (non-hydrogen) atoms. The van der Waals surface area contributed by atoms with Crippen LogP contribution in [0.4, 0.5) is 0 Å². The van der Waals surface area contributed by atoms with Gasteiger partial charge >= 0.3 is 0 Å². The highest BCUT2D eigenvalue weighted by Crippen LogP contribution is 2.37. The van der Waals surface area contributed by atoms with Gasteiger partial charge in [-0.05, 0) is 12.1 Å². The molecule has 0 aromatic heterocycles. The molecule has 4 rings (SSSR count). The second-order valence-electron chi connectivity index (χ2n) is 7.04. The molecule has 0 fully saturated rings. The molecule has 2 aromatic rings. The van der Waals surface area contributed by atoms with Gasteiger partial charge in [0.05, 0.1) is 11.1 Å². The molecular formula is C22H21N3O6. The molecule has 0 spiro atoms. The quantitative estimate of drug-likeness (QED) is 0.467. The minimum absolute atomic E-state index is 0.0797. The van der Waals surface area contributed by atoms with Gasteiger partial charge in [-0.1, -0.05) is 24.3 Å². The molecule has 2 aromatic carbocycles. The Morgan fingerprint density at radius 1 is 0.613 bits per heavy atom. The smallest absolute Gasteiger partial charge is 0.257 e. The molecule has 3 N–H and O–H groups in total. The summed E-state index contributed by atoms with van der Waals surface area (Å²) in [5.41, 5.74) is 0.556. The van der Waals surface area contributed by atoms with Gasteiger partial charge in [-0.3, -0.25) is 19.2 Å². The van der Waals surface area contributed by atoms with Gasteiger partial charge in [-0.2, -0.15) is 0 Å². The SMILES string of the molecule is O=C1COc2cccc3c2C(=O)c2c(cccc2C3=O)OCC(=O)NCCNCCN1. The average Bonchev–Trinajstić information content (AvgIpc) is 2.78. The van der Waals surface area contributed by atoms with Gasteiger partial charge in [0.2, 0.25) is 5.78 Å². The highest BCUT2D eigenvalue weighted by atomic mass is 16.5. The zero-order valence-corrected chi connectivity index (χ0v) is 16.7. The summed E-state index contributed by atoms with van der Waals surface area (Å²) < 4.78 is 11.2. The summed E-state index contributed by atoms with van der Waals surface area (Å²) in [4.78, 5) is 50.6. The first-order chi connectivity index (χ1) is 15.1. The number of ketones is 2. The number of hydrogen-bond acceptors (Lipinski definition) is 7. The van der Waals surface area contributed by atoms with Crippen LogP contribution in [0, 0.1) is 0 Å². The first kappa shape index (κ1) is 20.5. The number of amides is 2. The first-order valence-electron chi connectivity index (χ1n) is 9.91. The summed E-state index contributed by atoms with van der Waals surface area (Å²) >= 11 is 0. The van der Waals surface area contributed by atoms with Gasteiger partial charge in [0.1, 0.15) is 11.5 Å². The van der Waals surface area contributed by atoms with Gasteiger partial charge in [0.25, 0.3) is 11.8 Å². The second kappa shape index (κ2) is 8.97. The fraction of sp³-hybridized carbons (Fsp3) is 0.273. The van der Waals surface area contributed by atoms with Crippen LogP contribution in [0.25, 0.3) is 0 Å². The molecule has 0 saturated carbocycles. The number of ether oxygens (including phenoxy) is 2. The van der Waals surface area contributed by atoms with Crippen molar-refractivity contribution in [2.24, 2.45) is 0 Å². The highest BCUT2D eigenvalue weighted by Gasteiger charge is 2.35. The fourth-order valence-electron chi connectivity index (χ4n) is 3.51. The third kappa shape index (κ3) is 4.26. The van der Waals surface area contributed by atoms with E-state index in [0.717, 1.165) is 0 Å². The molecule has 0 unspecified atom stereocenters. The molecule has 2 bridgehead atoms. The lowest BCUT2D eigenvalue weighted by molar-refractivity contribution is -0.123. The number of hydrogen-bond donors (Lipinski definition) is 3. The Balaban J connectivity index is 1.72. The van der Waals surface area contributed by atoms with Gasteiger partial charge in [0, 0.05) is 37.3 Å². The van der Waals surface area contributed by atoms with E-state index in [0.29, 0.717) is 26.2 Å². The van der Waals surface area contributed by atoms with Crippen LogP contribution in [0.15, 0.2) is 36.4 Å². The van der Waals surface area contributed by atoms with Gasteiger partial charge in [0.15, 0.2) is 19.0 Å². The Kier molecular flexibility index (Phi) is 5.94. The van der Waals surface area contributed by atoms with Crippen molar-refractivity contribution in [1.29, 1.82) is 0 Å². The van der Waals surface area contributed by atoms with Gasteiger partial charge in [-0.15, -0.1) is 0 Å². The predicted octanol–water partition coefficient (Wildman–Crippen LogP) is 0.0552. The summed E-state index contributed by atoms with van der Waals surface area (Å²) in [6.07, 6.45) is 0. The minimum atomic E-state index is -0.457. The Morgan fingerprint density at radius 3 is 1.58 bits per heavy atom. The molecule has 160 valence electrons. The maximum absolute atomic E-state index is 13.4. The van der Waals surface area contributed by atoms with Crippen molar-refractivity contribution in [3.63, 3.8) is 0 Å². The van der Waals surface area contributed by atoms with Crippen molar-refractivity contribution >= 4 is 23.4 Å². The zero-order valence-electron chi connectivity index (χ0n) is 16.7. The van der Waals surface area contributed by atoms with E-state index in [4.69, 9.17) is 9.47 Å². The lowest BCUT2D eigenvalue weighted by atomic mass is 9.83. The van der Waals surface area contributed by atoms with Crippen LogP contribution in [0.1, 0.15) is 31.8 Å². The lowest BCUT2D eigenvalue weighted by Gasteiger charge is -2.22. The van der Waals surface area contributed by atoms with Gasteiger partial charge in [-0.25, -0.2) is 0 Å². The normalized spacial score (nSPS) is 17.4. The third-order valence-electron chi connectivity index (χ3n) is 4.96. The van der Waals surface area contributed by atoms with E-state index < -0.39 is 5.78 Å². The zero-order chi connectivity index (χ0) is 21.8. The average molecular weight is 423 g/mol. The summed E-state index contributed by atoms with van der Waals surface area (Å²) in [5, 5.41) is 8.50. The second-order valence-corrected chi connectivity index (χ2v) is 7.04. The summed E-state index contributed by atoms with van der Waals surface area (Å²) in [6, 6.07) is 9.37. The van der Waals surface area contributed by atoms with Crippen molar-refractivity contribution < 1.29 is 28.7 Å². The maximum Gasteiger partial charge on any atom is 0.257 e. The minimum Gasteiger partial charge on any atom is -0.483 e. The molecule has 1 heterocycles. The Bertz CT molecular complexity index is 986. The van der Waals surface area contributed by atoms with E-state index >= 15 is 0 Å². The van der Waals surface area contributed by atoms with E-state index in [1.165, 1.54) is 0 Å². The summed E-state index contributed by atoms with van der Waals surface area (Å²) in [7, 11) is 0. The fourth-order valence-corrected chi connectivity index (χ4v) is 3.51. The predicted molar refractivity (Wildman–Crippen MR) is 110 cm³/mol. The number of carbonyl (C=O) groups is 4. The monoisotopic (exact) mass is 423 g/mol. The molecule has 0 saturated heterocycles. The van der Waals surface area contributed by atoms with Crippen LogP contribution < -0.4 is 25.4 Å². The molecule has 2 amide bonds. The summed E-state index contributed by atoms with van der Waals surface area (Å²) in [6.45, 7) is 1.20. The van der Waals surface area contributed by atoms with Crippen molar-refractivity contribution in [2.75, 3.05) is 39.4 Å². The van der Waals surface area contributed by atoms with Crippen molar-refractivity contribution in [3.8, 4) is 11.5 Å². The molecule has 9 nitrogen and oxygen atoms in total. The lowest BCUT2D eigenvalue weighted by Crippen LogP contribution is -2.39. The van der Waals surface area contributed by atoms with Crippen LogP contribution in [-0.2, 0) is 9.59 Å². The van der Waals surface area contributed by atoms with E-state index in [2.05, 4.69) is 16.0 Å². The summed E-state index contributed by atoms with van der Waals surface area (Å²) in [5.74, 6) is -1.23.